The summed E-state index contributed by atoms with van der Waals surface area (Å²) < 4.78 is 11.0. The highest BCUT2D eigenvalue weighted by Gasteiger charge is 2.44. The van der Waals surface area contributed by atoms with Gasteiger partial charge in [0, 0.05) is 19.6 Å². The average molecular weight is 381 g/mol. The quantitative estimate of drug-likeness (QED) is 0.858. The lowest BCUT2D eigenvalue weighted by molar-refractivity contribution is -0.140. The fourth-order valence-electron chi connectivity index (χ4n) is 4.28. The minimum absolute atomic E-state index is 0.0278. The van der Waals surface area contributed by atoms with E-state index in [-0.39, 0.29) is 25.6 Å². The summed E-state index contributed by atoms with van der Waals surface area (Å²) in [5, 5.41) is 9.26. The Balaban J connectivity index is 1.51. The molecular formula is C22H23NO5. The molecule has 0 saturated carbocycles. The van der Waals surface area contributed by atoms with Gasteiger partial charge in [0.25, 0.3) is 0 Å². The maximum Gasteiger partial charge on any atom is 0.410 e. The van der Waals surface area contributed by atoms with Gasteiger partial charge in [-0.25, -0.2) is 4.79 Å². The number of carbonyl (C=O) groups excluding carboxylic acids is 1. The molecule has 1 N–H and O–H groups in total. The fraction of sp³-hybridized carbons (Fsp3) is 0.364. The Morgan fingerprint density at radius 2 is 1.75 bits per heavy atom. The maximum absolute atomic E-state index is 12.8. The van der Waals surface area contributed by atoms with Crippen LogP contribution >= 0.6 is 0 Å². The lowest BCUT2D eigenvalue weighted by Crippen LogP contribution is -2.51. The number of hydrogen-bond acceptors (Lipinski definition) is 4. The Kier molecular flexibility index (Phi) is 4.81. The predicted molar refractivity (Wildman–Crippen MR) is 103 cm³/mol. The standard InChI is InChI=1S/C22H23NO5/c1-23(22(12-20(24)25)10-11-27-14-22)21(26)28-13-19-17-8-4-2-6-15(17)16-7-3-5-9-18(16)19/h2-9,19H,10-14H2,1H3,(H,24,25). The van der Waals surface area contributed by atoms with Crippen molar-refractivity contribution in [2.45, 2.75) is 24.3 Å². The molecule has 1 fully saturated rings. The Hall–Kier alpha value is -2.86. The lowest BCUT2D eigenvalue weighted by Gasteiger charge is -2.35. The minimum Gasteiger partial charge on any atom is -0.481 e. The Morgan fingerprint density at radius 3 is 2.29 bits per heavy atom. The summed E-state index contributed by atoms with van der Waals surface area (Å²) in [5.41, 5.74) is 3.76. The third kappa shape index (κ3) is 3.14. The van der Waals surface area contributed by atoms with Crippen molar-refractivity contribution >= 4 is 12.1 Å². The zero-order valence-electron chi connectivity index (χ0n) is 15.8. The first-order valence-electron chi connectivity index (χ1n) is 9.40. The second-order valence-corrected chi connectivity index (χ2v) is 7.46. The van der Waals surface area contributed by atoms with E-state index in [0.717, 1.165) is 11.1 Å². The molecule has 28 heavy (non-hydrogen) atoms. The van der Waals surface area contributed by atoms with E-state index < -0.39 is 17.6 Å². The van der Waals surface area contributed by atoms with Gasteiger partial charge in [-0.3, -0.25) is 4.79 Å². The van der Waals surface area contributed by atoms with Crippen LogP contribution in [0.1, 0.15) is 29.9 Å². The van der Waals surface area contributed by atoms with E-state index >= 15 is 0 Å². The van der Waals surface area contributed by atoms with Crippen LogP contribution in [0.3, 0.4) is 0 Å². The molecule has 2 aliphatic rings. The van der Waals surface area contributed by atoms with Gasteiger partial charge in [0.15, 0.2) is 0 Å². The Bertz CT molecular complexity index is 858. The van der Waals surface area contributed by atoms with Crippen molar-refractivity contribution in [2.24, 2.45) is 0 Å². The number of aliphatic carboxylic acids is 1. The third-order valence-corrected chi connectivity index (χ3v) is 5.88. The van der Waals surface area contributed by atoms with E-state index in [9.17, 15) is 14.7 Å². The van der Waals surface area contributed by atoms with Crippen molar-refractivity contribution in [3.8, 4) is 11.1 Å². The molecule has 1 saturated heterocycles. The van der Waals surface area contributed by atoms with E-state index in [1.165, 1.54) is 16.0 Å². The molecule has 6 nitrogen and oxygen atoms in total. The molecule has 1 aliphatic carbocycles. The molecule has 1 amide bonds. The largest absolute Gasteiger partial charge is 0.481 e. The van der Waals surface area contributed by atoms with E-state index in [4.69, 9.17) is 9.47 Å². The van der Waals surface area contributed by atoms with Crippen LogP contribution in [0, 0.1) is 0 Å². The number of carbonyl (C=O) groups is 2. The number of nitrogens with zero attached hydrogens (tertiary/aromatic N) is 1. The van der Waals surface area contributed by atoms with Crippen molar-refractivity contribution in [2.75, 3.05) is 26.9 Å². The first-order chi connectivity index (χ1) is 13.5. The van der Waals surface area contributed by atoms with Gasteiger partial charge in [0.1, 0.15) is 6.61 Å². The summed E-state index contributed by atoms with van der Waals surface area (Å²) in [4.78, 5) is 25.5. The number of ether oxygens (including phenoxy) is 2. The van der Waals surface area contributed by atoms with Gasteiger partial charge in [-0.05, 0) is 28.7 Å². The van der Waals surface area contributed by atoms with E-state index in [1.54, 1.807) is 7.05 Å². The van der Waals surface area contributed by atoms with Crippen LogP contribution in [-0.2, 0) is 14.3 Å². The molecule has 1 unspecified atom stereocenters. The second-order valence-electron chi connectivity index (χ2n) is 7.46. The summed E-state index contributed by atoms with van der Waals surface area (Å²) in [5.74, 6) is -0.983. The number of rotatable bonds is 5. The van der Waals surface area contributed by atoms with Crippen molar-refractivity contribution in [3.63, 3.8) is 0 Å². The lowest BCUT2D eigenvalue weighted by atomic mass is 9.93. The molecular weight excluding hydrogens is 358 g/mol. The molecule has 1 atom stereocenters. The van der Waals surface area contributed by atoms with Gasteiger partial charge in [0.2, 0.25) is 0 Å². The monoisotopic (exact) mass is 381 g/mol. The first kappa shape index (κ1) is 18.5. The summed E-state index contributed by atoms with van der Waals surface area (Å²) >= 11 is 0. The molecule has 0 radical (unpaired) electrons. The molecule has 1 aliphatic heterocycles. The Morgan fingerprint density at radius 1 is 1.14 bits per heavy atom. The number of carboxylic acids is 1. The van der Waals surface area contributed by atoms with E-state index in [0.29, 0.717) is 13.0 Å². The van der Waals surface area contributed by atoms with Crippen LogP contribution in [0.15, 0.2) is 48.5 Å². The van der Waals surface area contributed by atoms with Gasteiger partial charge in [-0.15, -0.1) is 0 Å². The van der Waals surface area contributed by atoms with Crippen LogP contribution < -0.4 is 0 Å². The number of amides is 1. The Labute approximate surface area is 163 Å². The summed E-state index contributed by atoms with van der Waals surface area (Å²) in [7, 11) is 1.59. The van der Waals surface area contributed by atoms with Crippen LogP contribution in [0.25, 0.3) is 11.1 Å². The van der Waals surface area contributed by atoms with Crippen molar-refractivity contribution in [1.82, 2.24) is 4.90 Å². The van der Waals surface area contributed by atoms with E-state index in [2.05, 4.69) is 24.3 Å². The van der Waals surface area contributed by atoms with Crippen molar-refractivity contribution in [1.29, 1.82) is 0 Å². The van der Waals surface area contributed by atoms with E-state index in [1.807, 2.05) is 24.3 Å². The highest BCUT2D eigenvalue weighted by molar-refractivity contribution is 5.79. The molecule has 0 aromatic heterocycles. The number of likely N-dealkylation sites (N-methyl/N-ethyl adjacent to an activating group) is 1. The highest BCUT2D eigenvalue weighted by Crippen LogP contribution is 2.44. The van der Waals surface area contributed by atoms with Crippen LogP contribution in [0.5, 0.6) is 0 Å². The topological polar surface area (TPSA) is 76.1 Å². The zero-order valence-corrected chi connectivity index (χ0v) is 15.8. The number of fused-ring (bicyclic) bond motifs is 3. The number of benzene rings is 2. The molecule has 2 aromatic carbocycles. The predicted octanol–water partition coefficient (Wildman–Crippen LogP) is 3.50. The van der Waals surface area contributed by atoms with Crippen molar-refractivity contribution in [3.05, 3.63) is 59.7 Å². The average Bonchev–Trinajstić information content (AvgIpc) is 3.29. The van der Waals surface area contributed by atoms with Gasteiger partial charge < -0.3 is 19.5 Å². The molecule has 1 heterocycles. The SMILES string of the molecule is CN(C(=O)OCC1c2ccccc2-c2ccccc21)C1(CC(=O)O)CCOC1. The molecule has 0 bridgehead atoms. The first-order valence-corrected chi connectivity index (χ1v) is 9.40. The van der Waals surface area contributed by atoms with Gasteiger partial charge in [0.05, 0.1) is 18.6 Å². The smallest absolute Gasteiger partial charge is 0.410 e. The molecule has 4 rings (SSSR count). The maximum atomic E-state index is 12.8. The third-order valence-electron chi connectivity index (χ3n) is 5.88. The van der Waals surface area contributed by atoms with Crippen LogP contribution in [0.2, 0.25) is 0 Å². The summed E-state index contributed by atoms with van der Waals surface area (Å²) in [6.45, 7) is 0.857. The molecule has 6 heteroatoms. The fourth-order valence-corrected chi connectivity index (χ4v) is 4.28. The summed E-state index contributed by atoms with van der Waals surface area (Å²) in [6.07, 6.45) is -0.193. The zero-order chi connectivity index (χ0) is 19.7. The minimum atomic E-state index is -0.955. The van der Waals surface area contributed by atoms with Crippen molar-refractivity contribution < 1.29 is 24.2 Å². The van der Waals surface area contributed by atoms with Gasteiger partial charge >= 0.3 is 12.1 Å². The van der Waals surface area contributed by atoms with Crippen LogP contribution in [-0.4, -0.2) is 54.5 Å². The molecule has 146 valence electrons. The molecule has 2 aromatic rings. The highest BCUT2D eigenvalue weighted by atomic mass is 16.6. The van der Waals surface area contributed by atoms with Gasteiger partial charge in [-0.2, -0.15) is 0 Å². The van der Waals surface area contributed by atoms with Gasteiger partial charge in [-0.1, -0.05) is 48.5 Å². The summed E-state index contributed by atoms with van der Waals surface area (Å²) in [6, 6.07) is 16.3. The molecule has 0 spiro atoms. The van der Waals surface area contributed by atoms with Crippen LogP contribution in [0.4, 0.5) is 4.79 Å². The second kappa shape index (κ2) is 7.28. The normalized spacial score (nSPS) is 20.5. The number of carboxylic acid groups (broad SMARTS) is 1. The number of hydrogen-bond donors (Lipinski definition) is 1.